The van der Waals surface area contributed by atoms with E-state index in [1.807, 2.05) is 0 Å². The van der Waals surface area contributed by atoms with Gasteiger partial charge in [0, 0.05) is 19.1 Å². The van der Waals surface area contributed by atoms with E-state index in [1.54, 1.807) is 0 Å². The first-order chi connectivity index (χ1) is 8.95. The van der Waals surface area contributed by atoms with Gasteiger partial charge in [-0.1, -0.05) is 34.1 Å². The highest BCUT2D eigenvalue weighted by atomic mass is 15.1. The number of hydrogen-bond donors (Lipinski definition) is 1. The summed E-state index contributed by atoms with van der Waals surface area (Å²) in [5.74, 6) is 0.832. The van der Waals surface area contributed by atoms with E-state index in [0.717, 1.165) is 12.5 Å². The number of hydrogen-bond acceptors (Lipinski definition) is 2. The van der Waals surface area contributed by atoms with E-state index in [1.165, 1.54) is 51.7 Å². The number of nitrogens with one attached hydrogen (secondary N) is 1. The smallest absolute Gasteiger partial charge is 0.0107 e. The molecular weight excluding hydrogens is 232 g/mol. The van der Waals surface area contributed by atoms with Crippen LogP contribution >= 0.6 is 0 Å². The quantitative estimate of drug-likeness (QED) is 0.718. The van der Waals surface area contributed by atoms with Crippen molar-refractivity contribution in [1.29, 1.82) is 0 Å². The van der Waals surface area contributed by atoms with Crippen LogP contribution in [0.5, 0.6) is 0 Å². The van der Waals surface area contributed by atoms with Gasteiger partial charge in [-0.05, 0) is 57.0 Å². The maximum atomic E-state index is 3.68. The molecular formula is C17H36N2. The average molecular weight is 268 g/mol. The summed E-state index contributed by atoms with van der Waals surface area (Å²) in [5.41, 5.74) is 0.620. The lowest BCUT2D eigenvalue weighted by Crippen LogP contribution is -2.42. The van der Waals surface area contributed by atoms with E-state index in [4.69, 9.17) is 0 Å². The van der Waals surface area contributed by atoms with Crippen molar-refractivity contribution in [3.63, 3.8) is 0 Å². The molecule has 2 heteroatoms. The van der Waals surface area contributed by atoms with Crippen molar-refractivity contribution in [3.05, 3.63) is 0 Å². The Morgan fingerprint density at radius 2 is 1.74 bits per heavy atom. The molecule has 1 rings (SSSR count). The Morgan fingerprint density at radius 1 is 1.11 bits per heavy atom. The van der Waals surface area contributed by atoms with Crippen molar-refractivity contribution in [2.75, 3.05) is 26.2 Å². The number of piperidine rings is 1. The molecule has 2 nitrogen and oxygen atoms in total. The van der Waals surface area contributed by atoms with Crippen molar-refractivity contribution in [2.45, 2.75) is 72.8 Å². The van der Waals surface area contributed by atoms with Crippen molar-refractivity contribution < 1.29 is 0 Å². The fourth-order valence-electron chi connectivity index (χ4n) is 2.82. The second-order valence-corrected chi connectivity index (χ2v) is 7.33. The average Bonchev–Trinajstić information content (AvgIpc) is 2.39. The Bertz CT molecular complexity index is 229. The highest BCUT2D eigenvalue weighted by molar-refractivity contribution is 4.81. The van der Waals surface area contributed by atoms with Crippen molar-refractivity contribution in [1.82, 2.24) is 10.2 Å². The maximum absolute atomic E-state index is 3.68. The molecule has 1 aliphatic heterocycles. The van der Waals surface area contributed by atoms with Crippen LogP contribution in [0.2, 0.25) is 0 Å². The monoisotopic (exact) mass is 268 g/mol. The largest absolute Gasteiger partial charge is 0.313 e. The van der Waals surface area contributed by atoms with Gasteiger partial charge in [0.1, 0.15) is 0 Å². The van der Waals surface area contributed by atoms with Crippen molar-refractivity contribution in [2.24, 2.45) is 11.3 Å². The molecule has 1 heterocycles. The minimum absolute atomic E-state index is 0.620. The zero-order chi connectivity index (χ0) is 14.3. The molecule has 0 aromatic carbocycles. The topological polar surface area (TPSA) is 15.3 Å². The molecule has 1 fully saturated rings. The van der Waals surface area contributed by atoms with Crippen LogP contribution in [0.3, 0.4) is 0 Å². The second kappa shape index (κ2) is 8.26. The predicted molar refractivity (Wildman–Crippen MR) is 85.6 cm³/mol. The third-order valence-electron chi connectivity index (χ3n) is 5.01. The molecule has 0 spiro atoms. The van der Waals surface area contributed by atoms with Gasteiger partial charge >= 0.3 is 0 Å². The van der Waals surface area contributed by atoms with E-state index >= 15 is 0 Å². The van der Waals surface area contributed by atoms with Crippen LogP contribution in [0.1, 0.15) is 66.7 Å². The van der Waals surface area contributed by atoms with Gasteiger partial charge in [-0.25, -0.2) is 0 Å². The minimum atomic E-state index is 0.620. The second-order valence-electron chi connectivity index (χ2n) is 7.33. The van der Waals surface area contributed by atoms with E-state index in [-0.39, 0.29) is 0 Å². The number of nitrogens with zero attached hydrogens (tertiary/aromatic N) is 1. The fourth-order valence-corrected chi connectivity index (χ4v) is 2.82. The van der Waals surface area contributed by atoms with Gasteiger partial charge in [-0.3, -0.25) is 0 Å². The Kier molecular flexibility index (Phi) is 7.38. The molecule has 0 aromatic rings. The molecule has 1 saturated heterocycles. The lowest BCUT2D eigenvalue weighted by molar-refractivity contribution is 0.115. The lowest BCUT2D eigenvalue weighted by atomic mass is 9.78. The normalized spacial score (nSPS) is 21.8. The number of likely N-dealkylation sites (tertiary alicyclic amines) is 1. The highest BCUT2D eigenvalue weighted by Gasteiger charge is 2.27. The minimum Gasteiger partial charge on any atom is -0.313 e. The molecule has 1 N–H and O–H groups in total. The Morgan fingerprint density at radius 3 is 2.26 bits per heavy atom. The summed E-state index contributed by atoms with van der Waals surface area (Å²) in [5, 5.41) is 3.68. The Hall–Kier alpha value is -0.0800. The first-order valence-electron chi connectivity index (χ1n) is 8.41. The van der Waals surface area contributed by atoms with Gasteiger partial charge < -0.3 is 10.2 Å². The van der Waals surface area contributed by atoms with Crippen LogP contribution in [-0.2, 0) is 0 Å². The molecule has 1 atom stereocenters. The van der Waals surface area contributed by atoms with E-state index in [0.29, 0.717) is 11.5 Å². The first-order valence-corrected chi connectivity index (χ1v) is 8.41. The van der Waals surface area contributed by atoms with Crippen LogP contribution in [0.4, 0.5) is 0 Å². The van der Waals surface area contributed by atoms with Crippen molar-refractivity contribution in [3.8, 4) is 0 Å². The number of rotatable bonds is 8. The molecule has 1 aliphatic rings. The predicted octanol–water partition coefficient (Wildman–Crippen LogP) is 3.91. The molecule has 19 heavy (non-hydrogen) atoms. The summed E-state index contributed by atoms with van der Waals surface area (Å²) in [7, 11) is 0. The zero-order valence-electron chi connectivity index (χ0n) is 14.0. The van der Waals surface area contributed by atoms with E-state index < -0.39 is 0 Å². The third-order valence-corrected chi connectivity index (χ3v) is 5.01. The molecule has 0 bridgehead atoms. The van der Waals surface area contributed by atoms with Crippen LogP contribution in [0, 0.1) is 11.3 Å². The molecule has 0 saturated carbocycles. The van der Waals surface area contributed by atoms with Crippen LogP contribution in [-0.4, -0.2) is 37.1 Å². The fraction of sp³-hybridized carbons (Fsp3) is 1.00. The highest BCUT2D eigenvalue weighted by Crippen LogP contribution is 2.33. The molecule has 114 valence electrons. The third kappa shape index (κ3) is 6.76. The van der Waals surface area contributed by atoms with Gasteiger partial charge in [-0.2, -0.15) is 0 Å². The summed E-state index contributed by atoms with van der Waals surface area (Å²) >= 11 is 0. The van der Waals surface area contributed by atoms with Gasteiger partial charge in [0.2, 0.25) is 0 Å². The zero-order valence-corrected chi connectivity index (χ0v) is 14.0. The Labute approximate surface area is 121 Å². The molecule has 0 aromatic heterocycles. The van der Waals surface area contributed by atoms with Crippen LogP contribution in [0.15, 0.2) is 0 Å². The summed E-state index contributed by atoms with van der Waals surface area (Å²) in [6.07, 6.45) is 6.75. The molecule has 1 unspecified atom stereocenters. The molecule has 0 radical (unpaired) electrons. The van der Waals surface area contributed by atoms with Crippen LogP contribution < -0.4 is 5.32 Å². The van der Waals surface area contributed by atoms with Gasteiger partial charge in [0.05, 0.1) is 0 Å². The van der Waals surface area contributed by atoms with E-state index in [2.05, 4.69) is 44.8 Å². The standard InChI is InChI=1S/C17H36N2/c1-6-17(5)9-12-19(13-10-17)14-11-18-16(4)8-7-15(2)3/h15-16,18H,6-14H2,1-5H3. The molecule has 0 amide bonds. The SMILES string of the molecule is CCC1(C)CCN(CCNC(C)CCC(C)C)CC1. The molecule has 0 aliphatic carbocycles. The van der Waals surface area contributed by atoms with Gasteiger partial charge in [0.25, 0.3) is 0 Å². The van der Waals surface area contributed by atoms with Gasteiger partial charge in [-0.15, -0.1) is 0 Å². The summed E-state index contributed by atoms with van der Waals surface area (Å²) < 4.78 is 0. The summed E-state index contributed by atoms with van der Waals surface area (Å²) in [6.45, 7) is 16.7. The summed E-state index contributed by atoms with van der Waals surface area (Å²) in [4.78, 5) is 2.64. The van der Waals surface area contributed by atoms with Crippen LogP contribution in [0.25, 0.3) is 0 Å². The summed E-state index contributed by atoms with van der Waals surface area (Å²) in [6, 6.07) is 0.674. The first kappa shape index (κ1) is 17.0. The maximum Gasteiger partial charge on any atom is 0.0107 e. The lowest BCUT2D eigenvalue weighted by Gasteiger charge is -2.39. The van der Waals surface area contributed by atoms with E-state index in [9.17, 15) is 0 Å². The van der Waals surface area contributed by atoms with Gasteiger partial charge in [0.15, 0.2) is 0 Å². The van der Waals surface area contributed by atoms with Crippen molar-refractivity contribution >= 4 is 0 Å². The Balaban J connectivity index is 2.07.